The summed E-state index contributed by atoms with van der Waals surface area (Å²) < 4.78 is 0. The first kappa shape index (κ1) is 21.0. The van der Waals surface area contributed by atoms with Crippen LogP contribution in [-0.4, -0.2) is 17.7 Å². The monoisotopic (exact) mass is 368 g/mol. The van der Waals surface area contributed by atoms with E-state index >= 15 is 0 Å². The Labute approximate surface area is 163 Å². The summed E-state index contributed by atoms with van der Waals surface area (Å²) in [4.78, 5) is 12.7. The highest BCUT2D eigenvalue weighted by molar-refractivity contribution is 6.00. The lowest BCUT2D eigenvalue weighted by Crippen LogP contribution is -2.24. The number of rotatable bonds is 4. The highest BCUT2D eigenvalue weighted by Gasteiger charge is 2.22. The van der Waals surface area contributed by atoms with Gasteiger partial charge in [0.25, 0.3) is 0 Å². The quantitative estimate of drug-likeness (QED) is 0.671. The van der Waals surface area contributed by atoms with E-state index in [4.69, 9.17) is 0 Å². The molecule has 0 unspecified atom stereocenters. The van der Waals surface area contributed by atoms with E-state index in [2.05, 4.69) is 70.4 Å². The number of urea groups is 1. The van der Waals surface area contributed by atoms with Crippen LogP contribution < -0.4 is 10.6 Å². The van der Waals surface area contributed by atoms with Crippen molar-refractivity contribution in [2.45, 2.75) is 58.8 Å². The molecule has 0 aromatic heterocycles. The molecule has 27 heavy (non-hydrogen) atoms. The highest BCUT2D eigenvalue weighted by atomic mass is 16.3. The second-order valence-electron chi connectivity index (χ2n) is 8.97. The fourth-order valence-corrected chi connectivity index (χ4v) is 3.02. The van der Waals surface area contributed by atoms with Gasteiger partial charge < -0.3 is 15.7 Å². The molecular weight excluding hydrogens is 336 g/mol. The van der Waals surface area contributed by atoms with Crippen LogP contribution in [0.25, 0.3) is 0 Å². The number of nitrogens with one attached hydrogen (secondary N) is 2. The van der Waals surface area contributed by atoms with Gasteiger partial charge in [-0.2, -0.15) is 0 Å². The van der Waals surface area contributed by atoms with Crippen LogP contribution in [0.1, 0.15) is 58.2 Å². The van der Waals surface area contributed by atoms with Crippen molar-refractivity contribution >= 4 is 17.4 Å². The van der Waals surface area contributed by atoms with E-state index in [0.29, 0.717) is 12.1 Å². The molecule has 0 saturated carbocycles. The Morgan fingerprint density at radius 2 is 1.52 bits per heavy atom. The molecule has 0 heterocycles. The summed E-state index contributed by atoms with van der Waals surface area (Å²) >= 11 is 0. The number of hydrogen-bond donors (Lipinski definition) is 3. The average Bonchev–Trinajstić information content (AvgIpc) is 2.55. The van der Waals surface area contributed by atoms with Crippen molar-refractivity contribution in [2.75, 3.05) is 17.2 Å². The van der Waals surface area contributed by atoms with Gasteiger partial charge >= 0.3 is 6.03 Å². The number of hydrogen-bond acceptors (Lipinski definition) is 2. The summed E-state index contributed by atoms with van der Waals surface area (Å²) in [6.07, 6.45) is 0.503. The Morgan fingerprint density at radius 3 is 2.11 bits per heavy atom. The van der Waals surface area contributed by atoms with Gasteiger partial charge in [-0.25, -0.2) is 4.79 Å². The number of aliphatic hydroxyl groups is 1. The van der Waals surface area contributed by atoms with E-state index in [0.717, 1.165) is 16.8 Å². The molecule has 2 aromatic carbocycles. The SMILES string of the molecule is CC(C)(C)c1ccc(C(C)(C)C)c(NC(=O)Nc2ccccc2CCO)c1. The van der Waals surface area contributed by atoms with Gasteiger partial charge in [-0.05, 0) is 46.1 Å². The zero-order valence-electron chi connectivity index (χ0n) is 17.3. The van der Waals surface area contributed by atoms with Crippen molar-refractivity contribution in [3.8, 4) is 0 Å². The minimum Gasteiger partial charge on any atom is -0.396 e. The largest absolute Gasteiger partial charge is 0.396 e. The van der Waals surface area contributed by atoms with Crippen molar-refractivity contribution in [3.63, 3.8) is 0 Å². The third-order valence-corrected chi connectivity index (χ3v) is 4.59. The van der Waals surface area contributed by atoms with Crippen LogP contribution in [0.2, 0.25) is 0 Å². The lowest BCUT2D eigenvalue weighted by atomic mass is 9.81. The first-order valence-corrected chi connectivity index (χ1v) is 9.44. The summed E-state index contributed by atoms with van der Waals surface area (Å²) in [5.41, 5.74) is 4.63. The molecule has 4 nitrogen and oxygen atoms in total. The lowest BCUT2D eigenvalue weighted by molar-refractivity contribution is 0.262. The lowest BCUT2D eigenvalue weighted by Gasteiger charge is -2.27. The Hall–Kier alpha value is -2.33. The number of benzene rings is 2. The van der Waals surface area contributed by atoms with Gasteiger partial charge in [-0.3, -0.25) is 0 Å². The molecule has 0 aliphatic rings. The normalized spacial score (nSPS) is 12.0. The highest BCUT2D eigenvalue weighted by Crippen LogP contribution is 2.34. The molecule has 0 bridgehead atoms. The number of anilines is 2. The number of para-hydroxylation sites is 1. The molecular formula is C23H32N2O2. The summed E-state index contributed by atoms with van der Waals surface area (Å²) in [7, 11) is 0. The van der Waals surface area contributed by atoms with Crippen molar-refractivity contribution < 1.29 is 9.90 Å². The van der Waals surface area contributed by atoms with Gasteiger partial charge in [0.1, 0.15) is 0 Å². The van der Waals surface area contributed by atoms with E-state index < -0.39 is 0 Å². The number of aliphatic hydroxyl groups excluding tert-OH is 1. The fraction of sp³-hybridized carbons (Fsp3) is 0.435. The maximum absolute atomic E-state index is 12.7. The number of carbonyl (C=O) groups excluding carboxylic acids is 1. The standard InChI is InChI=1S/C23H32N2O2/c1-22(2,3)17-11-12-18(23(4,5)6)20(15-17)25-21(27)24-19-10-8-7-9-16(19)13-14-26/h7-12,15,26H,13-14H2,1-6H3,(H2,24,25,27). The summed E-state index contributed by atoms with van der Waals surface area (Å²) in [6.45, 7) is 12.9. The van der Waals surface area contributed by atoms with Gasteiger partial charge in [0.15, 0.2) is 0 Å². The first-order valence-electron chi connectivity index (χ1n) is 9.44. The van der Waals surface area contributed by atoms with E-state index in [1.54, 1.807) is 0 Å². The van der Waals surface area contributed by atoms with Crippen molar-refractivity contribution in [3.05, 3.63) is 59.2 Å². The maximum atomic E-state index is 12.7. The Morgan fingerprint density at radius 1 is 0.889 bits per heavy atom. The molecule has 0 atom stereocenters. The fourth-order valence-electron chi connectivity index (χ4n) is 3.02. The second kappa shape index (κ2) is 8.13. The molecule has 146 valence electrons. The van der Waals surface area contributed by atoms with E-state index in [-0.39, 0.29) is 23.5 Å². The summed E-state index contributed by atoms with van der Waals surface area (Å²) in [6, 6.07) is 13.6. The smallest absolute Gasteiger partial charge is 0.323 e. The van der Waals surface area contributed by atoms with Crippen molar-refractivity contribution in [2.24, 2.45) is 0 Å². The van der Waals surface area contributed by atoms with Crippen LogP contribution >= 0.6 is 0 Å². The molecule has 0 radical (unpaired) electrons. The molecule has 2 rings (SSSR count). The zero-order chi connectivity index (χ0) is 20.2. The van der Waals surface area contributed by atoms with Crippen molar-refractivity contribution in [1.82, 2.24) is 0 Å². The number of carbonyl (C=O) groups is 1. The molecule has 0 fully saturated rings. The van der Waals surface area contributed by atoms with Gasteiger partial charge in [0.2, 0.25) is 0 Å². The second-order valence-corrected chi connectivity index (χ2v) is 8.97. The van der Waals surface area contributed by atoms with Gasteiger partial charge in [-0.15, -0.1) is 0 Å². The predicted molar refractivity (Wildman–Crippen MR) is 114 cm³/mol. The summed E-state index contributed by atoms with van der Waals surface area (Å²) in [5.74, 6) is 0. The van der Waals surface area contributed by atoms with Crippen LogP contribution in [0.4, 0.5) is 16.2 Å². The van der Waals surface area contributed by atoms with E-state index in [9.17, 15) is 9.90 Å². The molecule has 0 aliphatic heterocycles. The van der Waals surface area contributed by atoms with Crippen LogP contribution in [-0.2, 0) is 17.3 Å². The molecule has 2 aromatic rings. The Balaban J connectivity index is 2.31. The van der Waals surface area contributed by atoms with Gasteiger partial charge in [0, 0.05) is 18.0 Å². The molecule has 2 amide bonds. The van der Waals surface area contributed by atoms with Crippen LogP contribution in [0.15, 0.2) is 42.5 Å². The third-order valence-electron chi connectivity index (χ3n) is 4.59. The first-order chi connectivity index (χ1) is 12.5. The minimum atomic E-state index is -0.281. The van der Waals surface area contributed by atoms with Crippen molar-refractivity contribution in [1.29, 1.82) is 0 Å². The summed E-state index contributed by atoms with van der Waals surface area (Å²) in [5, 5.41) is 15.2. The molecule has 4 heteroatoms. The zero-order valence-corrected chi connectivity index (χ0v) is 17.3. The van der Waals surface area contributed by atoms with Gasteiger partial charge in [-0.1, -0.05) is 71.9 Å². The number of amides is 2. The Bertz CT molecular complexity index is 799. The molecule has 0 saturated heterocycles. The Kier molecular flexibility index (Phi) is 6.32. The molecule has 0 spiro atoms. The average molecular weight is 369 g/mol. The van der Waals surface area contributed by atoms with E-state index in [1.165, 1.54) is 5.56 Å². The topological polar surface area (TPSA) is 61.4 Å². The predicted octanol–water partition coefficient (Wildman–Crippen LogP) is 5.46. The van der Waals surface area contributed by atoms with Crippen LogP contribution in [0.3, 0.4) is 0 Å². The van der Waals surface area contributed by atoms with Crippen LogP contribution in [0, 0.1) is 0 Å². The van der Waals surface area contributed by atoms with E-state index in [1.807, 2.05) is 24.3 Å². The molecule has 0 aliphatic carbocycles. The van der Waals surface area contributed by atoms with Crippen LogP contribution in [0.5, 0.6) is 0 Å². The molecule has 3 N–H and O–H groups in total. The maximum Gasteiger partial charge on any atom is 0.323 e. The minimum absolute atomic E-state index is 0.00293. The van der Waals surface area contributed by atoms with Gasteiger partial charge in [0.05, 0.1) is 0 Å². The third kappa shape index (κ3) is 5.57.